The molecule has 2 amide bonds. The first kappa shape index (κ1) is 22.7. The first-order valence-electron chi connectivity index (χ1n) is 13.0. The third-order valence-electron chi connectivity index (χ3n) is 7.75. The largest absolute Gasteiger partial charge is 0.274 e. The number of imide groups is 1. The number of fused-ring (bicyclic) bond motifs is 7. The van der Waals surface area contributed by atoms with Crippen LogP contribution in [0.5, 0.6) is 0 Å². The molecule has 0 atom stereocenters. The second kappa shape index (κ2) is 7.75. The summed E-state index contributed by atoms with van der Waals surface area (Å²) >= 11 is 0. The van der Waals surface area contributed by atoms with Gasteiger partial charge in [-0.25, -0.2) is 0 Å². The molecule has 3 nitrogen and oxygen atoms in total. The number of carbonyl (C=O) groups excluding carboxylic acids is 2. The summed E-state index contributed by atoms with van der Waals surface area (Å²) in [4.78, 5) is 28.6. The van der Waals surface area contributed by atoms with E-state index in [2.05, 4.69) is 61.2 Å². The maximum absolute atomic E-state index is 13.6. The van der Waals surface area contributed by atoms with Crippen molar-refractivity contribution in [2.24, 2.45) is 5.41 Å². The fourth-order valence-corrected chi connectivity index (χ4v) is 6.08. The highest BCUT2D eigenvalue weighted by Gasteiger charge is 2.35. The summed E-state index contributed by atoms with van der Waals surface area (Å²) in [5.74, 6) is -0.420. The molecule has 0 bridgehead atoms. The lowest BCUT2D eigenvalue weighted by molar-refractivity contribution is 0.0555. The average molecular weight is 494 g/mol. The van der Waals surface area contributed by atoms with Crippen molar-refractivity contribution in [3.8, 4) is 0 Å². The standard InChI is InChI=1S/C35H27NO2/c1-5-20-9-10-21-11-12-22-17-29-23(16-28(22)27(21)15-20)13-14-24-18-30-32-25(31(24)29)7-6-8-26(32)33(37)36(34(30)38)19-35(2,3)4/h5-18H,1,19H2,2-4H3. The van der Waals surface area contributed by atoms with Gasteiger partial charge in [-0.2, -0.15) is 0 Å². The van der Waals surface area contributed by atoms with Gasteiger partial charge >= 0.3 is 0 Å². The topological polar surface area (TPSA) is 37.4 Å². The molecular weight excluding hydrogens is 466 g/mol. The summed E-state index contributed by atoms with van der Waals surface area (Å²) in [7, 11) is 0. The summed E-state index contributed by atoms with van der Waals surface area (Å²) < 4.78 is 0. The van der Waals surface area contributed by atoms with Crippen LogP contribution in [0.3, 0.4) is 0 Å². The monoisotopic (exact) mass is 493 g/mol. The summed E-state index contributed by atoms with van der Waals surface area (Å²) in [6.07, 6.45) is 1.88. The Morgan fingerprint density at radius 3 is 2.05 bits per heavy atom. The van der Waals surface area contributed by atoms with Crippen molar-refractivity contribution in [1.82, 2.24) is 4.90 Å². The lowest BCUT2D eigenvalue weighted by Gasteiger charge is -2.32. The Labute approximate surface area is 221 Å². The fraction of sp³-hybridized carbons (Fsp3) is 0.143. The van der Waals surface area contributed by atoms with Crippen LogP contribution in [0, 0.1) is 5.41 Å². The van der Waals surface area contributed by atoms with Crippen LogP contribution in [0.4, 0.5) is 0 Å². The molecule has 1 aliphatic rings. The molecule has 38 heavy (non-hydrogen) atoms. The molecule has 1 heterocycles. The van der Waals surface area contributed by atoms with Gasteiger partial charge < -0.3 is 0 Å². The molecule has 0 aromatic heterocycles. The van der Waals surface area contributed by atoms with Gasteiger partial charge in [0.2, 0.25) is 0 Å². The Hall–Kier alpha value is -4.50. The maximum Gasteiger partial charge on any atom is 0.261 e. The number of amides is 2. The molecule has 7 rings (SSSR count). The molecular formula is C35H27NO2. The van der Waals surface area contributed by atoms with Crippen LogP contribution in [0.2, 0.25) is 0 Å². The highest BCUT2D eigenvalue weighted by atomic mass is 16.2. The number of nitrogens with zero attached hydrogens (tertiary/aromatic N) is 1. The second-order valence-electron chi connectivity index (χ2n) is 11.6. The van der Waals surface area contributed by atoms with Crippen molar-refractivity contribution in [3.63, 3.8) is 0 Å². The number of carbonyl (C=O) groups is 2. The molecule has 0 saturated carbocycles. The predicted octanol–water partition coefficient (Wildman–Crippen LogP) is 8.74. The van der Waals surface area contributed by atoms with E-state index in [0.717, 1.165) is 43.3 Å². The molecule has 0 unspecified atom stereocenters. The Morgan fingerprint density at radius 2 is 1.29 bits per heavy atom. The average Bonchev–Trinajstić information content (AvgIpc) is 2.91. The molecule has 0 aliphatic carbocycles. The van der Waals surface area contributed by atoms with Crippen LogP contribution < -0.4 is 0 Å². The van der Waals surface area contributed by atoms with E-state index in [4.69, 9.17) is 0 Å². The molecule has 0 spiro atoms. The molecule has 0 saturated heterocycles. The Kier molecular flexibility index (Phi) is 4.63. The minimum absolute atomic E-state index is 0.193. The molecule has 6 aromatic carbocycles. The zero-order chi connectivity index (χ0) is 26.3. The molecule has 0 radical (unpaired) electrons. The van der Waals surface area contributed by atoms with Crippen LogP contribution in [0.25, 0.3) is 59.9 Å². The number of rotatable bonds is 2. The van der Waals surface area contributed by atoms with E-state index < -0.39 is 0 Å². The lowest BCUT2D eigenvalue weighted by atomic mass is 9.86. The van der Waals surface area contributed by atoms with Gasteiger partial charge in [0.15, 0.2) is 0 Å². The predicted molar refractivity (Wildman–Crippen MR) is 159 cm³/mol. The third kappa shape index (κ3) is 3.21. The lowest BCUT2D eigenvalue weighted by Crippen LogP contribution is -2.44. The van der Waals surface area contributed by atoms with Crippen molar-refractivity contribution < 1.29 is 9.59 Å². The molecule has 0 fully saturated rings. The van der Waals surface area contributed by atoms with Crippen molar-refractivity contribution in [2.45, 2.75) is 20.8 Å². The number of hydrogen-bond donors (Lipinski definition) is 0. The molecule has 6 aromatic rings. The highest BCUT2D eigenvalue weighted by molar-refractivity contribution is 6.33. The summed E-state index contributed by atoms with van der Waals surface area (Å²) in [6.45, 7) is 10.4. The van der Waals surface area contributed by atoms with E-state index in [-0.39, 0.29) is 17.2 Å². The van der Waals surface area contributed by atoms with E-state index in [0.29, 0.717) is 17.7 Å². The normalized spacial score (nSPS) is 13.9. The Bertz CT molecular complexity index is 2040. The van der Waals surface area contributed by atoms with Gasteiger partial charge in [-0.1, -0.05) is 82.0 Å². The summed E-state index contributed by atoms with van der Waals surface area (Å²) in [5.41, 5.74) is 2.11. The molecule has 184 valence electrons. The van der Waals surface area contributed by atoms with Crippen molar-refractivity contribution in [3.05, 3.63) is 102 Å². The van der Waals surface area contributed by atoms with E-state index in [9.17, 15) is 9.59 Å². The quantitative estimate of drug-likeness (QED) is 0.137. The minimum Gasteiger partial charge on any atom is -0.274 e. The van der Waals surface area contributed by atoms with Gasteiger partial charge in [-0.3, -0.25) is 14.5 Å². The van der Waals surface area contributed by atoms with Crippen molar-refractivity contribution in [1.29, 1.82) is 0 Å². The van der Waals surface area contributed by atoms with Crippen LogP contribution in [0.15, 0.2) is 85.4 Å². The second-order valence-corrected chi connectivity index (χ2v) is 11.6. The van der Waals surface area contributed by atoms with Crippen LogP contribution in [-0.4, -0.2) is 23.3 Å². The number of hydrogen-bond acceptors (Lipinski definition) is 2. The molecule has 0 N–H and O–H groups in total. The third-order valence-corrected chi connectivity index (χ3v) is 7.75. The van der Waals surface area contributed by atoms with Gasteiger partial charge in [0.05, 0.1) is 0 Å². The summed E-state index contributed by atoms with van der Waals surface area (Å²) in [5, 5.41) is 10.8. The van der Waals surface area contributed by atoms with Crippen molar-refractivity contribution >= 4 is 71.8 Å². The van der Waals surface area contributed by atoms with Gasteiger partial charge in [-0.05, 0) is 89.8 Å². The first-order valence-corrected chi connectivity index (χ1v) is 13.0. The zero-order valence-electron chi connectivity index (χ0n) is 21.8. The van der Waals surface area contributed by atoms with Gasteiger partial charge in [0, 0.05) is 23.1 Å². The number of benzene rings is 6. The molecule has 3 heteroatoms. The maximum atomic E-state index is 13.6. The smallest absolute Gasteiger partial charge is 0.261 e. The van der Waals surface area contributed by atoms with Gasteiger partial charge in [0.25, 0.3) is 11.8 Å². The SMILES string of the molecule is C=Cc1ccc2ccc3cc4c(ccc5cc6c7c(cccc7c54)C(=O)N(CC(C)(C)C)C6=O)cc3c2c1. The van der Waals surface area contributed by atoms with Gasteiger partial charge in [-0.15, -0.1) is 0 Å². The van der Waals surface area contributed by atoms with E-state index in [1.54, 1.807) is 0 Å². The van der Waals surface area contributed by atoms with Gasteiger partial charge in [0.1, 0.15) is 0 Å². The molecule has 1 aliphatic heterocycles. The van der Waals surface area contributed by atoms with E-state index in [1.165, 1.54) is 21.1 Å². The van der Waals surface area contributed by atoms with Crippen LogP contribution in [0.1, 0.15) is 47.1 Å². The minimum atomic E-state index is -0.211. The fourth-order valence-electron chi connectivity index (χ4n) is 6.08. The Morgan fingerprint density at radius 1 is 0.658 bits per heavy atom. The van der Waals surface area contributed by atoms with Crippen LogP contribution in [-0.2, 0) is 0 Å². The summed E-state index contributed by atoms with van der Waals surface area (Å²) in [6, 6.07) is 27.3. The van der Waals surface area contributed by atoms with Crippen LogP contribution >= 0.6 is 0 Å². The zero-order valence-corrected chi connectivity index (χ0v) is 21.8. The first-order chi connectivity index (χ1) is 18.2. The Balaban J connectivity index is 1.55. The van der Waals surface area contributed by atoms with Crippen molar-refractivity contribution in [2.75, 3.05) is 6.54 Å². The highest BCUT2D eigenvalue weighted by Crippen LogP contribution is 2.41. The van der Waals surface area contributed by atoms with E-state index in [1.807, 2.05) is 51.1 Å². The van der Waals surface area contributed by atoms with E-state index >= 15 is 0 Å².